The molecule has 0 amide bonds. The van der Waals surface area contributed by atoms with E-state index in [1.807, 2.05) is 0 Å². The highest BCUT2D eigenvalue weighted by Gasteiger charge is 2.35. The standard InChI is InChI=1S/C25H32N2/c1-13-11-12-21(17(5)14(13)2)24-22-18(6)15(3)16(4)19(7)23(22)25(9,10)20(8)26-27-24/h11-12H,1-10H3. The van der Waals surface area contributed by atoms with Gasteiger partial charge in [0.15, 0.2) is 0 Å². The fraction of sp³-hybridized carbons (Fsp3) is 0.440. The van der Waals surface area contributed by atoms with Crippen LogP contribution < -0.4 is 0 Å². The minimum absolute atomic E-state index is 0.151. The van der Waals surface area contributed by atoms with Crippen molar-refractivity contribution in [3.05, 3.63) is 67.8 Å². The number of aryl methyl sites for hydroxylation is 1. The molecular weight excluding hydrogens is 328 g/mol. The molecule has 3 rings (SSSR count). The third-order valence-corrected chi connectivity index (χ3v) is 7.07. The Hall–Kier alpha value is -2.22. The molecule has 0 saturated heterocycles. The van der Waals surface area contributed by atoms with Crippen LogP contribution >= 0.6 is 0 Å². The van der Waals surface area contributed by atoms with Gasteiger partial charge >= 0.3 is 0 Å². The first kappa shape index (κ1) is 19.5. The number of hydrogen-bond acceptors (Lipinski definition) is 2. The average Bonchev–Trinajstić information content (AvgIpc) is 2.71. The number of hydrogen-bond donors (Lipinski definition) is 0. The zero-order chi connectivity index (χ0) is 20.3. The molecule has 27 heavy (non-hydrogen) atoms. The smallest absolute Gasteiger partial charge is 0.101 e. The monoisotopic (exact) mass is 360 g/mol. The van der Waals surface area contributed by atoms with Crippen molar-refractivity contribution >= 4 is 11.4 Å². The number of rotatable bonds is 1. The van der Waals surface area contributed by atoms with Crippen LogP contribution in [-0.2, 0) is 5.41 Å². The van der Waals surface area contributed by atoms with Crippen molar-refractivity contribution in [3.63, 3.8) is 0 Å². The van der Waals surface area contributed by atoms with E-state index in [1.165, 1.54) is 55.6 Å². The quantitative estimate of drug-likeness (QED) is 0.566. The van der Waals surface area contributed by atoms with Gasteiger partial charge in [0, 0.05) is 22.3 Å². The molecule has 2 aromatic carbocycles. The second-order valence-corrected chi connectivity index (χ2v) is 8.69. The number of benzene rings is 2. The van der Waals surface area contributed by atoms with Gasteiger partial charge in [-0.1, -0.05) is 26.0 Å². The zero-order valence-electron chi connectivity index (χ0n) is 18.5. The Kier molecular flexibility index (Phi) is 4.66. The largest absolute Gasteiger partial charge is 0.159 e. The maximum absolute atomic E-state index is 4.82. The summed E-state index contributed by atoms with van der Waals surface area (Å²) in [6.45, 7) is 22.2. The topological polar surface area (TPSA) is 24.7 Å². The highest BCUT2D eigenvalue weighted by atomic mass is 15.2. The van der Waals surface area contributed by atoms with Gasteiger partial charge in [0.05, 0.1) is 0 Å². The van der Waals surface area contributed by atoms with Crippen molar-refractivity contribution in [1.82, 2.24) is 0 Å². The lowest BCUT2D eigenvalue weighted by atomic mass is 9.71. The third kappa shape index (κ3) is 2.77. The highest BCUT2D eigenvalue weighted by Crippen LogP contribution is 2.40. The normalized spacial score (nSPS) is 15.8. The molecule has 142 valence electrons. The summed E-state index contributed by atoms with van der Waals surface area (Å²) in [5, 5.41) is 9.51. The van der Waals surface area contributed by atoms with E-state index in [-0.39, 0.29) is 5.41 Å². The van der Waals surface area contributed by atoms with E-state index in [9.17, 15) is 0 Å². The van der Waals surface area contributed by atoms with Gasteiger partial charge in [-0.3, -0.25) is 0 Å². The van der Waals surface area contributed by atoms with Crippen molar-refractivity contribution in [1.29, 1.82) is 0 Å². The van der Waals surface area contributed by atoms with E-state index in [1.54, 1.807) is 0 Å². The van der Waals surface area contributed by atoms with E-state index in [0.717, 1.165) is 11.4 Å². The molecule has 0 N–H and O–H groups in total. The summed E-state index contributed by atoms with van der Waals surface area (Å²) in [6, 6.07) is 4.42. The van der Waals surface area contributed by atoms with Crippen LogP contribution in [0, 0.1) is 48.5 Å². The van der Waals surface area contributed by atoms with Crippen LogP contribution in [0.25, 0.3) is 0 Å². The molecule has 0 aliphatic carbocycles. The maximum Gasteiger partial charge on any atom is 0.101 e. The van der Waals surface area contributed by atoms with Gasteiger partial charge in [-0.15, -0.1) is 5.10 Å². The van der Waals surface area contributed by atoms with Gasteiger partial charge < -0.3 is 0 Å². The van der Waals surface area contributed by atoms with Crippen LogP contribution in [0.1, 0.15) is 76.4 Å². The van der Waals surface area contributed by atoms with E-state index < -0.39 is 0 Å². The molecule has 0 unspecified atom stereocenters. The summed E-state index contributed by atoms with van der Waals surface area (Å²) in [6.07, 6.45) is 0. The molecule has 2 heteroatoms. The molecule has 1 heterocycles. The third-order valence-electron chi connectivity index (χ3n) is 7.07. The molecule has 0 atom stereocenters. The Morgan fingerprint density at radius 3 is 1.85 bits per heavy atom. The molecule has 0 saturated carbocycles. The van der Waals surface area contributed by atoms with Gasteiger partial charge in [-0.05, 0) is 99.9 Å². The van der Waals surface area contributed by atoms with E-state index in [0.29, 0.717) is 0 Å². The summed E-state index contributed by atoms with van der Waals surface area (Å²) in [7, 11) is 0. The van der Waals surface area contributed by atoms with Gasteiger partial charge in [0.25, 0.3) is 0 Å². The molecule has 0 bridgehead atoms. The zero-order valence-corrected chi connectivity index (χ0v) is 18.5. The second kappa shape index (κ2) is 6.44. The summed E-state index contributed by atoms with van der Waals surface area (Å²) in [4.78, 5) is 0. The minimum Gasteiger partial charge on any atom is -0.159 e. The molecule has 0 aromatic heterocycles. The summed E-state index contributed by atoms with van der Waals surface area (Å²) >= 11 is 0. The van der Waals surface area contributed by atoms with Crippen molar-refractivity contribution in [3.8, 4) is 0 Å². The highest BCUT2D eigenvalue weighted by molar-refractivity contribution is 6.18. The molecule has 0 spiro atoms. The Labute approximate surface area is 164 Å². The Morgan fingerprint density at radius 1 is 0.630 bits per heavy atom. The predicted octanol–water partition coefficient (Wildman–Crippen LogP) is 6.35. The van der Waals surface area contributed by atoms with Gasteiger partial charge in [0.2, 0.25) is 0 Å². The Bertz CT molecular complexity index is 1020. The van der Waals surface area contributed by atoms with Crippen LogP contribution in [-0.4, -0.2) is 11.4 Å². The first-order chi connectivity index (χ1) is 12.5. The van der Waals surface area contributed by atoms with Crippen molar-refractivity contribution in [2.24, 2.45) is 10.2 Å². The number of fused-ring (bicyclic) bond motifs is 1. The SMILES string of the molecule is CC1=NN=C(c2ccc(C)c(C)c2C)c2c(C)c(C)c(C)c(C)c2C1(C)C. The fourth-order valence-electron chi connectivity index (χ4n) is 4.27. The Morgan fingerprint density at radius 2 is 1.22 bits per heavy atom. The summed E-state index contributed by atoms with van der Waals surface area (Å²) in [5.41, 5.74) is 15.1. The van der Waals surface area contributed by atoms with Crippen LogP contribution in [0.5, 0.6) is 0 Å². The van der Waals surface area contributed by atoms with Crippen molar-refractivity contribution in [2.45, 2.75) is 74.7 Å². The lowest BCUT2D eigenvalue weighted by Crippen LogP contribution is -2.30. The van der Waals surface area contributed by atoms with Crippen LogP contribution in [0.2, 0.25) is 0 Å². The van der Waals surface area contributed by atoms with E-state index in [4.69, 9.17) is 5.10 Å². The second-order valence-electron chi connectivity index (χ2n) is 8.69. The summed E-state index contributed by atoms with van der Waals surface area (Å²) in [5.74, 6) is 0. The van der Waals surface area contributed by atoms with Crippen LogP contribution in [0.15, 0.2) is 22.3 Å². The predicted molar refractivity (Wildman–Crippen MR) is 118 cm³/mol. The van der Waals surface area contributed by atoms with Gasteiger partial charge in [-0.2, -0.15) is 5.10 Å². The first-order valence-electron chi connectivity index (χ1n) is 9.81. The minimum atomic E-state index is -0.151. The van der Waals surface area contributed by atoms with Gasteiger partial charge in [-0.25, -0.2) is 0 Å². The fourth-order valence-corrected chi connectivity index (χ4v) is 4.27. The Balaban J connectivity index is 2.49. The van der Waals surface area contributed by atoms with Crippen LogP contribution in [0.4, 0.5) is 0 Å². The van der Waals surface area contributed by atoms with Crippen molar-refractivity contribution < 1.29 is 0 Å². The van der Waals surface area contributed by atoms with Gasteiger partial charge in [0.1, 0.15) is 5.71 Å². The average molecular weight is 361 g/mol. The lowest BCUT2D eigenvalue weighted by Gasteiger charge is -2.31. The summed E-state index contributed by atoms with van der Waals surface area (Å²) < 4.78 is 0. The lowest BCUT2D eigenvalue weighted by molar-refractivity contribution is 0.702. The molecule has 0 fully saturated rings. The van der Waals surface area contributed by atoms with E-state index >= 15 is 0 Å². The molecule has 1 aliphatic rings. The molecule has 2 aromatic rings. The maximum atomic E-state index is 4.82. The number of nitrogens with zero attached hydrogens (tertiary/aromatic N) is 2. The van der Waals surface area contributed by atoms with Crippen LogP contribution in [0.3, 0.4) is 0 Å². The molecule has 1 aliphatic heterocycles. The molecular formula is C25H32N2. The molecule has 2 nitrogen and oxygen atoms in total. The van der Waals surface area contributed by atoms with Crippen molar-refractivity contribution in [2.75, 3.05) is 0 Å². The van der Waals surface area contributed by atoms with E-state index in [2.05, 4.69) is 86.5 Å². The first-order valence-corrected chi connectivity index (χ1v) is 9.81. The molecule has 0 radical (unpaired) electrons.